The van der Waals surface area contributed by atoms with Gasteiger partial charge in [-0.05, 0) is 6.07 Å². The molecular formula is C11H12N2O6. The fraction of sp³-hybridized carbons (Fsp3) is 0.273. The van der Waals surface area contributed by atoms with E-state index >= 15 is 0 Å². The standard InChI is InChI=1S/C11H12N2O6/c1-12-10(14)6-19-11(15)7-18-9-5-3-2-4-8(9)13(16)17/h2-5H,6-7H2,1H3,(H,12,14). The van der Waals surface area contributed by atoms with Crippen molar-refractivity contribution >= 4 is 17.6 Å². The van der Waals surface area contributed by atoms with E-state index in [4.69, 9.17) is 4.74 Å². The second-order valence-corrected chi connectivity index (χ2v) is 3.35. The van der Waals surface area contributed by atoms with Crippen LogP contribution in [0.2, 0.25) is 0 Å². The van der Waals surface area contributed by atoms with E-state index in [0.29, 0.717) is 0 Å². The van der Waals surface area contributed by atoms with Crippen LogP contribution >= 0.6 is 0 Å². The van der Waals surface area contributed by atoms with Crippen LogP contribution in [0.5, 0.6) is 5.75 Å². The van der Waals surface area contributed by atoms with Gasteiger partial charge in [0.1, 0.15) is 0 Å². The second kappa shape index (κ2) is 6.94. The Labute approximate surface area is 108 Å². The average Bonchev–Trinajstić information content (AvgIpc) is 2.42. The van der Waals surface area contributed by atoms with Crippen molar-refractivity contribution in [2.24, 2.45) is 0 Å². The molecule has 1 N–H and O–H groups in total. The van der Waals surface area contributed by atoms with E-state index in [1.807, 2.05) is 0 Å². The first kappa shape index (κ1) is 14.4. The van der Waals surface area contributed by atoms with Gasteiger partial charge in [0.15, 0.2) is 19.0 Å². The Morgan fingerprint density at radius 1 is 1.32 bits per heavy atom. The zero-order valence-electron chi connectivity index (χ0n) is 10.1. The molecule has 1 rings (SSSR count). The number of carbonyl (C=O) groups excluding carboxylic acids is 2. The molecule has 1 aromatic carbocycles. The van der Waals surface area contributed by atoms with Crippen molar-refractivity contribution in [2.45, 2.75) is 0 Å². The predicted molar refractivity (Wildman–Crippen MR) is 63.6 cm³/mol. The number of amides is 1. The van der Waals surface area contributed by atoms with E-state index in [1.54, 1.807) is 0 Å². The Kier molecular flexibility index (Phi) is 5.27. The summed E-state index contributed by atoms with van der Waals surface area (Å²) in [6.07, 6.45) is 0. The largest absolute Gasteiger partial charge is 0.475 e. The number of nitrogens with one attached hydrogen (secondary N) is 1. The third-order valence-corrected chi connectivity index (χ3v) is 2.05. The molecule has 0 radical (unpaired) electrons. The summed E-state index contributed by atoms with van der Waals surface area (Å²) in [6, 6.07) is 5.64. The Morgan fingerprint density at radius 3 is 2.63 bits per heavy atom. The molecule has 0 atom stereocenters. The van der Waals surface area contributed by atoms with Gasteiger partial charge < -0.3 is 14.8 Å². The van der Waals surface area contributed by atoms with Crippen molar-refractivity contribution in [1.82, 2.24) is 5.32 Å². The SMILES string of the molecule is CNC(=O)COC(=O)COc1ccccc1[N+](=O)[O-]. The Morgan fingerprint density at radius 2 is 2.00 bits per heavy atom. The number of hydrogen-bond donors (Lipinski definition) is 1. The number of benzene rings is 1. The number of likely N-dealkylation sites (N-methyl/N-ethyl adjacent to an activating group) is 1. The van der Waals surface area contributed by atoms with E-state index < -0.39 is 30.0 Å². The lowest BCUT2D eigenvalue weighted by Gasteiger charge is -2.06. The molecule has 0 aliphatic heterocycles. The maximum atomic E-state index is 11.2. The highest BCUT2D eigenvalue weighted by molar-refractivity contribution is 5.80. The molecule has 0 spiro atoms. The number of esters is 1. The molecule has 19 heavy (non-hydrogen) atoms. The molecule has 0 aromatic heterocycles. The number of hydrogen-bond acceptors (Lipinski definition) is 6. The molecule has 0 aliphatic carbocycles. The molecule has 0 saturated carbocycles. The summed E-state index contributed by atoms with van der Waals surface area (Å²) in [5.41, 5.74) is -0.249. The molecule has 1 amide bonds. The first-order valence-electron chi connectivity index (χ1n) is 5.27. The zero-order chi connectivity index (χ0) is 14.3. The summed E-state index contributed by atoms with van der Waals surface area (Å²) in [7, 11) is 1.40. The molecule has 8 heteroatoms. The Hall–Kier alpha value is -2.64. The number of carbonyl (C=O) groups is 2. The molecule has 0 aliphatic rings. The number of nitrogens with zero attached hydrogens (tertiary/aromatic N) is 1. The van der Waals surface area contributed by atoms with Crippen LogP contribution in [0.1, 0.15) is 0 Å². The Bertz CT molecular complexity index is 488. The molecule has 0 bridgehead atoms. The maximum absolute atomic E-state index is 11.2. The van der Waals surface area contributed by atoms with Gasteiger partial charge in [-0.3, -0.25) is 14.9 Å². The molecule has 1 aromatic rings. The van der Waals surface area contributed by atoms with Gasteiger partial charge in [0.05, 0.1) is 4.92 Å². The third kappa shape index (κ3) is 4.62. The lowest BCUT2D eigenvalue weighted by Crippen LogP contribution is -2.26. The molecular weight excluding hydrogens is 256 g/mol. The van der Waals surface area contributed by atoms with Crippen molar-refractivity contribution in [3.63, 3.8) is 0 Å². The van der Waals surface area contributed by atoms with Crippen molar-refractivity contribution in [2.75, 3.05) is 20.3 Å². The normalized spacial score (nSPS) is 9.53. The lowest BCUT2D eigenvalue weighted by atomic mass is 10.3. The fourth-order valence-electron chi connectivity index (χ4n) is 1.13. The summed E-state index contributed by atoms with van der Waals surface area (Å²) in [5, 5.41) is 12.9. The highest BCUT2D eigenvalue weighted by atomic mass is 16.6. The molecule has 8 nitrogen and oxygen atoms in total. The highest BCUT2D eigenvalue weighted by Crippen LogP contribution is 2.25. The Balaban J connectivity index is 2.51. The summed E-state index contributed by atoms with van der Waals surface area (Å²) >= 11 is 0. The fourth-order valence-corrected chi connectivity index (χ4v) is 1.13. The van der Waals surface area contributed by atoms with Gasteiger partial charge in [0, 0.05) is 13.1 Å². The monoisotopic (exact) mass is 268 g/mol. The van der Waals surface area contributed by atoms with Gasteiger partial charge in [-0.2, -0.15) is 0 Å². The van der Waals surface area contributed by atoms with Crippen LogP contribution in [0.4, 0.5) is 5.69 Å². The summed E-state index contributed by atoms with van der Waals surface area (Å²) < 4.78 is 9.55. The van der Waals surface area contributed by atoms with Gasteiger partial charge >= 0.3 is 11.7 Å². The summed E-state index contributed by atoms with van der Waals surface area (Å²) in [4.78, 5) is 32.1. The minimum atomic E-state index is -0.790. The molecule has 0 heterocycles. The van der Waals surface area contributed by atoms with Gasteiger partial charge in [-0.1, -0.05) is 12.1 Å². The van der Waals surface area contributed by atoms with Crippen LogP contribution < -0.4 is 10.1 Å². The zero-order valence-corrected chi connectivity index (χ0v) is 10.1. The van der Waals surface area contributed by atoms with Crippen molar-refractivity contribution in [1.29, 1.82) is 0 Å². The average molecular weight is 268 g/mol. The van der Waals surface area contributed by atoms with Crippen LogP contribution in [0.15, 0.2) is 24.3 Å². The van der Waals surface area contributed by atoms with Crippen molar-refractivity contribution < 1.29 is 24.0 Å². The first-order valence-corrected chi connectivity index (χ1v) is 5.27. The predicted octanol–water partition coefficient (Wildman–Crippen LogP) is 0.263. The van der Waals surface area contributed by atoms with E-state index in [1.165, 1.54) is 31.3 Å². The van der Waals surface area contributed by atoms with Crippen LogP contribution in [-0.2, 0) is 14.3 Å². The maximum Gasteiger partial charge on any atom is 0.344 e. The van der Waals surface area contributed by atoms with Crippen LogP contribution in [0, 0.1) is 10.1 Å². The summed E-state index contributed by atoms with van der Waals surface area (Å²) in [6.45, 7) is -0.933. The van der Waals surface area contributed by atoms with Gasteiger partial charge in [0.25, 0.3) is 5.91 Å². The van der Waals surface area contributed by atoms with Crippen LogP contribution in [0.3, 0.4) is 0 Å². The van der Waals surface area contributed by atoms with Crippen molar-refractivity contribution in [3.05, 3.63) is 34.4 Å². The molecule has 102 valence electrons. The summed E-state index contributed by atoms with van der Waals surface area (Å²) in [5.74, 6) is -1.29. The smallest absolute Gasteiger partial charge is 0.344 e. The second-order valence-electron chi connectivity index (χ2n) is 3.35. The number of rotatable bonds is 6. The number of para-hydroxylation sites is 2. The molecule has 0 saturated heterocycles. The number of nitro benzene ring substituents is 1. The van der Waals surface area contributed by atoms with Crippen LogP contribution in [-0.4, -0.2) is 37.1 Å². The van der Waals surface area contributed by atoms with Gasteiger partial charge in [0.2, 0.25) is 0 Å². The van der Waals surface area contributed by atoms with E-state index in [2.05, 4.69) is 10.1 Å². The molecule has 0 fully saturated rings. The van der Waals surface area contributed by atoms with E-state index in [9.17, 15) is 19.7 Å². The van der Waals surface area contributed by atoms with Gasteiger partial charge in [-0.15, -0.1) is 0 Å². The minimum Gasteiger partial charge on any atom is -0.475 e. The topological polar surface area (TPSA) is 108 Å². The number of ether oxygens (including phenoxy) is 2. The number of nitro groups is 1. The van der Waals surface area contributed by atoms with Crippen LogP contribution in [0.25, 0.3) is 0 Å². The quantitative estimate of drug-likeness (QED) is 0.450. The highest BCUT2D eigenvalue weighted by Gasteiger charge is 2.15. The van der Waals surface area contributed by atoms with E-state index in [-0.39, 0.29) is 11.4 Å². The first-order chi connectivity index (χ1) is 9.04. The lowest BCUT2D eigenvalue weighted by molar-refractivity contribution is -0.385. The van der Waals surface area contributed by atoms with Crippen molar-refractivity contribution in [3.8, 4) is 5.75 Å². The van der Waals surface area contributed by atoms with E-state index in [0.717, 1.165) is 0 Å². The molecule has 0 unspecified atom stereocenters. The third-order valence-electron chi connectivity index (χ3n) is 2.05. The minimum absolute atomic E-state index is 0.0376. The van der Waals surface area contributed by atoms with Gasteiger partial charge in [-0.25, -0.2) is 4.79 Å².